The molecule has 0 spiro atoms. The van der Waals surface area contributed by atoms with Crippen molar-refractivity contribution >= 4 is 64.6 Å². The van der Waals surface area contributed by atoms with Crippen LogP contribution in [-0.2, 0) is 13.2 Å². The summed E-state index contributed by atoms with van der Waals surface area (Å²) in [6, 6.07) is 57.5. The van der Waals surface area contributed by atoms with Gasteiger partial charge in [-0.25, -0.2) is 0 Å². The Morgan fingerprint density at radius 1 is 0.348 bits per heavy atom. The Labute approximate surface area is 387 Å². The molecule has 11 rings (SSSR count). The van der Waals surface area contributed by atoms with E-state index in [1.807, 2.05) is 0 Å². The Bertz CT molecular complexity index is 3190. The molecule has 0 atom stereocenters. The van der Waals surface area contributed by atoms with Crippen LogP contribution in [0.4, 0.5) is 0 Å². The summed E-state index contributed by atoms with van der Waals surface area (Å²) in [6.07, 6.45) is 9.43. The quantitative estimate of drug-likeness (QED) is 0.0906. The van der Waals surface area contributed by atoms with Gasteiger partial charge >= 0.3 is 0 Å². The van der Waals surface area contributed by atoms with Crippen LogP contribution < -0.4 is 18.9 Å². The van der Waals surface area contributed by atoms with Gasteiger partial charge in [-0.2, -0.15) is 0 Å². The highest BCUT2D eigenvalue weighted by Gasteiger charge is 2.24. The predicted octanol–water partition coefficient (Wildman–Crippen LogP) is 17.3. The third-order valence-electron chi connectivity index (χ3n) is 13.7. The van der Waals surface area contributed by atoms with Gasteiger partial charge in [0.15, 0.2) is 0 Å². The maximum Gasteiger partial charge on any atom is 0.128 e. The Kier molecular flexibility index (Phi) is 11.6. The van der Waals surface area contributed by atoms with Crippen molar-refractivity contribution in [2.45, 2.75) is 78.4 Å². The van der Waals surface area contributed by atoms with Crippen LogP contribution in [0.1, 0.15) is 76.3 Å². The molecular formula is C62H56O4. The minimum absolute atomic E-state index is 0.388. The summed E-state index contributed by atoms with van der Waals surface area (Å²) in [5, 5.41) is 13.9. The summed E-state index contributed by atoms with van der Waals surface area (Å²) in [4.78, 5) is 0. The maximum atomic E-state index is 7.25. The average molecular weight is 865 g/mol. The normalized spacial score (nSPS) is 12.5. The molecule has 1 aliphatic heterocycles. The molecule has 10 aromatic rings. The molecule has 1 heterocycles. The zero-order valence-electron chi connectivity index (χ0n) is 38.1. The van der Waals surface area contributed by atoms with E-state index in [0.717, 1.165) is 114 Å². The number of rotatable bonds is 12. The van der Waals surface area contributed by atoms with Gasteiger partial charge in [0.05, 0.1) is 13.2 Å². The van der Waals surface area contributed by atoms with Crippen LogP contribution in [0.25, 0.3) is 86.9 Å². The monoisotopic (exact) mass is 864 g/mol. The van der Waals surface area contributed by atoms with E-state index in [-0.39, 0.29) is 0 Å². The number of ether oxygens (including phenoxy) is 4. The van der Waals surface area contributed by atoms with E-state index in [2.05, 4.69) is 172 Å². The molecule has 0 aliphatic carbocycles. The lowest BCUT2D eigenvalue weighted by atomic mass is 9.87. The van der Waals surface area contributed by atoms with Gasteiger partial charge in [-0.3, -0.25) is 0 Å². The van der Waals surface area contributed by atoms with Crippen LogP contribution in [-0.4, -0.2) is 13.2 Å². The van der Waals surface area contributed by atoms with Crippen molar-refractivity contribution in [3.05, 3.63) is 169 Å². The van der Waals surface area contributed by atoms with E-state index >= 15 is 0 Å². The third-order valence-corrected chi connectivity index (χ3v) is 13.7. The van der Waals surface area contributed by atoms with Crippen molar-refractivity contribution in [3.8, 4) is 45.3 Å². The molecule has 0 fully saturated rings. The summed E-state index contributed by atoms with van der Waals surface area (Å²) in [6.45, 7) is 6.72. The lowest BCUT2D eigenvalue weighted by Gasteiger charge is -2.24. The second-order valence-electron chi connectivity index (χ2n) is 18.1. The summed E-state index contributed by atoms with van der Waals surface area (Å²) >= 11 is 0. The van der Waals surface area contributed by atoms with Gasteiger partial charge in [0.2, 0.25) is 0 Å². The van der Waals surface area contributed by atoms with E-state index in [0.29, 0.717) is 13.2 Å². The lowest BCUT2D eigenvalue weighted by Crippen LogP contribution is -2.06. The fourth-order valence-corrected chi connectivity index (χ4v) is 10.2. The minimum Gasteiger partial charge on any atom is -0.494 e. The minimum atomic E-state index is 0.388. The fraction of sp³-hybridized carbons (Fsp3) is 0.226. The average Bonchev–Trinajstić information content (AvgIpc) is 3.35. The van der Waals surface area contributed by atoms with Gasteiger partial charge in [-0.1, -0.05) is 149 Å². The van der Waals surface area contributed by atoms with E-state index in [1.54, 1.807) is 0 Å². The molecular weight excluding hydrogens is 809 g/mol. The van der Waals surface area contributed by atoms with Crippen LogP contribution in [0.2, 0.25) is 0 Å². The second-order valence-corrected chi connectivity index (χ2v) is 18.1. The highest BCUT2D eigenvalue weighted by atomic mass is 16.5. The van der Waals surface area contributed by atoms with Crippen LogP contribution >= 0.6 is 0 Å². The predicted molar refractivity (Wildman–Crippen MR) is 277 cm³/mol. The number of hydrogen-bond donors (Lipinski definition) is 0. The molecule has 0 saturated carbocycles. The number of hydrogen-bond acceptors (Lipinski definition) is 4. The van der Waals surface area contributed by atoms with Crippen LogP contribution in [0.15, 0.2) is 158 Å². The Morgan fingerprint density at radius 2 is 0.788 bits per heavy atom. The smallest absolute Gasteiger partial charge is 0.128 e. The first-order valence-electron chi connectivity index (χ1n) is 24.2. The highest BCUT2D eigenvalue weighted by molar-refractivity contribution is 6.15. The van der Waals surface area contributed by atoms with Gasteiger partial charge in [0, 0.05) is 11.1 Å². The molecule has 0 radical (unpaired) electrons. The Balaban J connectivity index is 1.11. The van der Waals surface area contributed by atoms with Crippen molar-refractivity contribution in [2.75, 3.05) is 13.2 Å². The zero-order valence-corrected chi connectivity index (χ0v) is 38.1. The van der Waals surface area contributed by atoms with Crippen molar-refractivity contribution in [2.24, 2.45) is 0 Å². The fourth-order valence-electron chi connectivity index (χ4n) is 10.2. The molecule has 0 aromatic heterocycles. The second kappa shape index (κ2) is 18.4. The topological polar surface area (TPSA) is 36.9 Å². The SMILES string of the molecule is CCCCCCOc1ccc2cc3c4c(ccc3cc2c1)OCc1ccc2ccccc2c1-c1c(ccc2ccccc12)COc1ccc2cc3cc(OCCCCCC)ccc3cc2c1-4. The van der Waals surface area contributed by atoms with Crippen LogP contribution in [0.5, 0.6) is 23.0 Å². The summed E-state index contributed by atoms with van der Waals surface area (Å²) < 4.78 is 27.0. The molecule has 0 saturated heterocycles. The van der Waals surface area contributed by atoms with Crippen LogP contribution in [0, 0.1) is 0 Å². The van der Waals surface area contributed by atoms with Gasteiger partial charge in [-0.05, 0) is 160 Å². The van der Waals surface area contributed by atoms with Crippen molar-refractivity contribution in [3.63, 3.8) is 0 Å². The van der Waals surface area contributed by atoms with Gasteiger partial charge in [0.1, 0.15) is 36.2 Å². The summed E-state index contributed by atoms with van der Waals surface area (Å²) in [5.74, 6) is 3.45. The molecule has 0 amide bonds. The number of fused-ring (bicyclic) bond motifs is 16. The standard InChI is InChI=1S/C62H56O4/c1-3-5-7-13-31-63-51-27-23-43-37-55-45(33-49(43)35-51)25-29-57-61(55)62-56-38-44-24-28-52(64-32-14-8-6-4-2)36-50(44)34-46(56)26-30-58(62)66-40-48-22-20-42-16-10-12-18-54(42)60(48)59-47(39-65-57)21-19-41-15-9-11-17-53(41)59/h9-12,15-30,33-38H,3-8,13-14,31-32,39-40H2,1-2H3. The number of benzene rings is 10. The van der Waals surface area contributed by atoms with Gasteiger partial charge < -0.3 is 18.9 Å². The third kappa shape index (κ3) is 8.04. The molecule has 1 aliphatic rings. The van der Waals surface area contributed by atoms with Crippen molar-refractivity contribution < 1.29 is 18.9 Å². The summed E-state index contributed by atoms with van der Waals surface area (Å²) in [7, 11) is 0. The molecule has 0 N–H and O–H groups in total. The van der Waals surface area contributed by atoms with E-state index in [1.165, 1.54) is 71.2 Å². The maximum absolute atomic E-state index is 7.25. The molecule has 0 bridgehead atoms. The van der Waals surface area contributed by atoms with Crippen LogP contribution in [0.3, 0.4) is 0 Å². The molecule has 10 aromatic carbocycles. The van der Waals surface area contributed by atoms with E-state index < -0.39 is 0 Å². The van der Waals surface area contributed by atoms with Crippen molar-refractivity contribution in [1.82, 2.24) is 0 Å². The number of unbranched alkanes of at least 4 members (excludes halogenated alkanes) is 6. The molecule has 328 valence electrons. The largest absolute Gasteiger partial charge is 0.494 e. The van der Waals surface area contributed by atoms with Crippen molar-refractivity contribution in [1.29, 1.82) is 0 Å². The first-order chi connectivity index (χ1) is 32.6. The summed E-state index contributed by atoms with van der Waals surface area (Å²) in [5.41, 5.74) is 6.70. The Morgan fingerprint density at radius 3 is 1.26 bits per heavy atom. The van der Waals surface area contributed by atoms with E-state index in [9.17, 15) is 0 Å². The molecule has 4 heteroatoms. The first-order valence-corrected chi connectivity index (χ1v) is 24.2. The van der Waals surface area contributed by atoms with Gasteiger partial charge in [0.25, 0.3) is 0 Å². The molecule has 66 heavy (non-hydrogen) atoms. The first kappa shape index (κ1) is 41.7. The molecule has 0 unspecified atom stereocenters. The van der Waals surface area contributed by atoms with E-state index in [4.69, 9.17) is 18.9 Å². The van der Waals surface area contributed by atoms with Gasteiger partial charge in [-0.15, -0.1) is 0 Å². The lowest BCUT2D eigenvalue weighted by molar-refractivity contribution is 0.302. The zero-order chi connectivity index (χ0) is 44.4. The Hall–Kier alpha value is -7.04. The highest BCUT2D eigenvalue weighted by Crippen LogP contribution is 2.49. The molecule has 4 nitrogen and oxygen atoms in total.